The van der Waals surface area contributed by atoms with Gasteiger partial charge in [-0.1, -0.05) is 0 Å². The van der Waals surface area contributed by atoms with Crippen LogP contribution in [0.5, 0.6) is 5.75 Å². The number of carbonyl (C=O) groups excluding carboxylic acids is 1. The van der Waals surface area contributed by atoms with E-state index in [0.717, 1.165) is 19.4 Å². The maximum absolute atomic E-state index is 14.5. The average Bonchev–Trinajstić information content (AvgIpc) is 3.39. The number of nitrogens with one attached hydrogen (secondary N) is 1. The third-order valence-electron chi connectivity index (χ3n) is 4.87. The van der Waals surface area contributed by atoms with Crippen LogP contribution in [0.2, 0.25) is 0 Å². The Labute approximate surface area is 168 Å². The number of hydrogen-bond acceptors (Lipinski definition) is 4. The first-order valence-electron chi connectivity index (χ1n) is 9.56. The molecular formula is C22H22FN3O3. The first-order chi connectivity index (χ1) is 14.1. The number of aryl methyl sites for hydroxylation is 1. The van der Waals surface area contributed by atoms with Crippen molar-refractivity contribution in [2.24, 2.45) is 0 Å². The molecule has 1 atom stereocenters. The second kappa shape index (κ2) is 8.45. The lowest BCUT2D eigenvalue weighted by Gasteiger charge is -2.12. The van der Waals surface area contributed by atoms with Crippen LogP contribution in [-0.2, 0) is 4.74 Å². The van der Waals surface area contributed by atoms with E-state index in [9.17, 15) is 9.18 Å². The molecule has 0 saturated carbocycles. The molecule has 0 spiro atoms. The summed E-state index contributed by atoms with van der Waals surface area (Å²) in [4.78, 5) is 16.6. The molecule has 0 aliphatic carbocycles. The van der Waals surface area contributed by atoms with Gasteiger partial charge in [0.25, 0.3) is 5.91 Å². The average molecular weight is 395 g/mol. The van der Waals surface area contributed by atoms with E-state index < -0.39 is 5.82 Å². The number of hydrogen-bond donors (Lipinski definition) is 1. The number of aromatic nitrogens is 2. The van der Waals surface area contributed by atoms with Gasteiger partial charge in [0.2, 0.25) is 0 Å². The zero-order chi connectivity index (χ0) is 20.2. The maximum atomic E-state index is 14.5. The van der Waals surface area contributed by atoms with Crippen molar-refractivity contribution in [3.8, 4) is 11.4 Å². The molecule has 29 heavy (non-hydrogen) atoms. The molecule has 0 bridgehead atoms. The van der Waals surface area contributed by atoms with Gasteiger partial charge in [-0.2, -0.15) is 0 Å². The second-order valence-electron chi connectivity index (χ2n) is 6.94. The number of imidazole rings is 1. The highest BCUT2D eigenvalue weighted by Crippen LogP contribution is 2.21. The minimum Gasteiger partial charge on any atom is -0.491 e. The van der Waals surface area contributed by atoms with Crippen molar-refractivity contribution in [3.63, 3.8) is 0 Å². The van der Waals surface area contributed by atoms with Crippen LogP contribution in [0.3, 0.4) is 0 Å². The highest BCUT2D eigenvalue weighted by atomic mass is 19.1. The molecular weight excluding hydrogens is 373 g/mol. The number of halogens is 1. The van der Waals surface area contributed by atoms with Gasteiger partial charge < -0.3 is 19.4 Å². The summed E-state index contributed by atoms with van der Waals surface area (Å²) in [6.07, 6.45) is 5.52. The van der Waals surface area contributed by atoms with Crippen LogP contribution >= 0.6 is 0 Å². The lowest BCUT2D eigenvalue weighted by molar-refractivity contribution is 0.0679. The predicted octanol–water partition coefficient (Wildman–Crippen LogP) is 4.13. The Morgan fingerprint density at radius 2 is 2.14 bits per heavy atom. The number of anilines is 1. The van der Waals surface area contributed by atoms with Crippen LogP contribution in [0.25, 0.3) is 5.69 Å². The summed E-state index contributed by atoms with van der Waals surface area (Å²) >= 11 is 0. The number of ether oxygens (including phenoxy) is 2. The van der Waals surface area contributed by atoms with Crippen molar-refractivity contribution in [2.75, 3.05) is 18.5 Å². The molecule has 1 saturated heterocycles. The first kappa shape index (κ1) is 19.1. The SMILES string of the molecule is Cc1nccn1-c1ccc(NC(=O)c2ccc(OCC3CCCO3)cc2)cc1F. The van der Waals surface area contributed by atoms with E-state index in [1.807, 2.05) is 0 Å². The molecule has 2 aromatic carbocycles. The normalized spacial score (nSPS) is 16.0. The van der Waals surface area contributed by atoms with E-state index >= 15 is 0 Å². The molecule has 2 heterocycles. The Hall–Kier alpha value is -3.19. The van der Waals surface area contributed by atoms with Crippen LogP contribution in [-0.4, -0.2) is 34.8 Å². The molecule has 1 aliphatic heterocycles. The van der Waals surface area contributed by atoms with Crippen molar-refractivity contribution < 1.29 is 18.7 Å². The van der Waals surface area contributed by atoms with Gasteiger partial charge in [-0.05, 0) is 62.2 Å². The summed E-state index contributed by atoms with van der Waals surface area (Å²) in [5, 5.41) is 2.72. The zero-order valence-electron chi connectivity index (χ0n) is 16.1. The van der Waals surface area contributed by atoms with E-state index in [4.69, 9.17) is 9.47 Å². The molecule has 3 aromatic rings. The quantitative estimate of drug-likeness (QED) is 0.682. The summed E-state index contributed by atoms with van der Waals surface area (Å²) in [5.74, 6) is 0.606. The van der Waals surface area contributed by atoms with Gasteiger partial charge in [-0.3, -0.25) is 4.79 Å². The van der Waals surface area contributed by atoms with E-state index in [0.29, 0.717) is 35.1 Å². The second-order valence-corrected chi connectivity index (χ2v) is 6.94. The molecule has 4 rings (SSSR count). The number of carbonyl (C=O) groups is 1. The van der Waals surface area contributed by atoms with Crippen molar-refractivity contribution in [3.05, 3.63) is 72.1 Å². The van der Waals surface area contributed by atoms with Crippen LogP contribution < -0.4 is 10.1 Å². The third-order valence-corrected chi connectivity index (χ3v) is 4.87. The lowest BCUT2D eigenvalue weighted by Crippen LogP contribution is -2.16. The Morgan fingerprint density at radius 1 is 1.31 bits per heavy atom. The number of amides is 1. The van der Waals surface area contributed by atoms with Crippen molar-refractivity contribution >= 4 is 11.6 Å². The molecule has 1 N–H and O–H groups in total. The summed E-state index contributed by atoms with van der Waals surface area (Å²) < 4.78 is 27.4. The fourth-order valence-corrected chi connectivity index (χ4v) is 3.28. The summed E-state index contributed by atoms with van der Waals surface area (Å²) in [5.41, 5.74) is 1.22. The van der Waals surface area contributed by atoms with Gasteiger partial charge in [0, 0.05) is 30.3 Å². The van der Waals surface area contributed by atoms with Crippen molar-refractivity contribution in [1.29, 1.82) is 0 Å². The van der Waals surface area contributed by atoms with Crippen LogP contribution in [0.1, 0.15) is 29.0 Å². The van der Waals surface area contributed by atoms with E-state index in [-0.39, 0.29) is 12.0 Å². The number of rotatable bonds is 6. The molecule has 1 fully saturated rings. The molecule has 1 amide bonds. The standard InChI is InChI=1S/C22H22FN3O3/c1-15-24-10-11-26(15)21-9-6-17(13-20(21)23)25-22(27)16-4-7-18(8-5-16)29-14-19-3-2-12-28-19/h4-11,13,19H,2-3,12,14H2,1H3,(H,25,27). The minimum absolute atomic E-state index is 0.141. The fraction of sp³-hybridized carbons (Fsp3) is 0.273. The molecule has 6 nitrogen and oxygen atoms in total. The molecule has 7 heteroatoms. The van der Waals surface area contributed by atoms with Crippen molar-refractivity contribution in [1.82, 2.24) is 9.55 Å². The van der Waals surface area contributed by atoms with Gasteiger partial charge in [0.05, 0.1) is 11.8 Å². The van der Waals surface area contributed by atoms with Gasteiger partial charge in [0.15, 0.2) is 0 Å². The Morgan fingerprint density at radius 3 is 2.79 bits per heavy atom. The Kier molecular flexibility index (Phi) is 5.57. The van der Waals surface area contributed by atoms with Crippen LogP contribution in [0, 0.1) is 12.7 Å². The first-order valence-corrected chi connectivity index (χ1v) is 9.56. The van der Waals surface area contributed by atoms with Crippen LogP contribution in [0.15, 0.2) is 54.9 Å². The molecule has 1 aliphatic rings. The smallest absolute Gasteiger partial charge is 0.255 e. The Balaban J connectivity index is 1.38. The van der Waals surface area contributed by atoms with E-state index in [1.165, 1.54) is 6.07 Å². The maximum Gasteiger partial charge on any atom is 0.255 e. The molecule has 1 aromatic heterocycles. The van der Waals surface area contributed by atoms with Crippen LogP contribution in [0.4, 0.5) is 10.1 Å². The highest BCUT2D eigenvalue weighted by Gasteiger charge is 2.16. The number of nitrogens with zero attached hydrogens (tertiary/aromatic N) is 2. The summed E-state index contributed by atoms with van der Waals surface area (Å²) in [7, 11) is 0. The fourth-order valence-electron chi connectivity index (χ4n) is 3.28. The molecule has 0 radical (unpaired) electrons. The predicted molar refractivity (Wildman–Crippen MR) is 107 cm³/mol. The van der Waals surface area contributed by atoms with Gasteiger partial charge in [-0.25, -0.2) is 9.37 Å². The summed E-state index contributed by atoms with van der Waals surface area (Å²) in [6, 6.07) is 11.4. The molecule has 150 valence electrons. The Bertz CT molecular complexity index is 995. The number of benzene rings is 2. The zero-order valence-corrected chi connectivity index (χ0v) is 16.1. The van der Waals surface area contributed by atoms with Gasteiger partial charge in [0.1, 0.15) is 24.0 Å². The van der Waals surface area contributed by atoms with Gasteiger partial charge >= 0.3 is 0 Å². The van der Waals surface area contributed by atoms with E-state index in [1.54, 1.807) is 60.3 Å². The summed E-state index contributed by atoms with van der Waals surface area (Å²) in [6.45, 7) is 3.09. The van der Waals surface area contributed by atoms with Gasteiger partial charge in [-0.15, -0.1) is 0 Å². The largest absolute Gasteiger partial charge is 0.491 e. The minimum atomic E-state index is -0.443. The molecule has 1 unspecified atom stereocenters. The van der Waals surface area contributed by atoms with Crippen molar-refractivity contribution in [2.45, 2.75) is 25.9 Å². The highest BCUT2D eigenvalue weighted by molar-refractivity contribution is 6.04. The monoisotopic (exact) mass is 395 g/mol. The third kappa shape index (κ3) is 4.46. The topological polar surface area (TPSA) is 65.4 Å². The lowest BCUT2D eigenvalue weighted by atomic mass is 10.2. The van der Waals surface area contributed by atoms with E-state index in [2.05, 4.69) is 10.3 Å².